The van der Waals surface area contributed by atoms with Crippen molar-refractivity contribution < 1.29 is 9.72 Å². The molecule has 2 N–H and O–H groups in total. The molecule has 0 spiro atoms. The molecular formula is C9H10N6O3. The smallest absolute Gasteiger partial charge is 0.307 e. The first-order chi connectivity index (χ1) is 8.65. The molecule has 0 aliphatic heterocycles. The monoisotopic (exact) mass is 250 g/mol. The van der Waals surface area contributed by atoms with Gasteiger partial charge in [-0.3, -0.25) is 19.6 Å². The zero-order chi connectivity index (χ0) is 13.0. The molecule has 0 radical (unpaired) electrons. The van der Waals surface area contributed by atoms with E-state index in [1.807, 2.05) is 0 Å². The highest BCUT2D eigenvalue weighted by Crippen LogP contribution is 2.07. The number of nitro groups is 1. The average molecular weight is 250 g/mol. The third-order valence-electron chi connectivity index (χ3n) is 2.14. The third kappa shape index (κ3) is 2.90. The fourth-order valence-electron chi connectivity index (χ4n) is 1.31. The number of nitrogens with one attached hydrogen (secondary N) is 2. The van der Waals surface area contributed by atoms with E-state index in [-0.39, 0.29) is 24.7 Å². The number of amides is 1. The molecule has 0 fully saturated rings. The normalized spacial score (nSPS) is 10.2. The second-order valence-corrected chi connectivity index (χ2v) is 3.47. The zero-order valence-corrected chi connectivity index (χ0v) is 9.24. The van der Waals surface area contributed by atoms with Crippen molar-refractivity contribution in [1.82, 2.24) is 25.1 Å². The number of carbonyl (C=O) groups is 1. The summed E-state index contributed by atoms with van der Waals surface area (Å²) in [4.78, 5) is 28.1. The first-order valence-corrected chi connectivity index (χ1v) is 5.07. The minimum Gasteiger partial charge on any atom is -0.347 e. The number of aromatic nitrogens is 4. The molecule has 18 heavy (non-hydrogen) atoms. The number of hydrogen-bond donors (Lipinski definition) is 2. The molecule has 0 saturated heterocycles. The zero-order valence-electron chi connectivity index (χ0n) is 9.24. The summed E-state index contributed by atoms with van der Waals surface area (Å²) in [5, 5.41) is 16.7. The van der Waals surface area contributed by atoms with Gasteiger partial charge in [0.2, 0.25) is 5.91 Å². The molecule has 0 unspecified atom stereocenters. The van der Waals surface area contributed by atoms with Gasteiger partial charge in [-0.1, -0.05) is 0 Å². The van der Waals surface area contributed by atoms with Crippen molar-refractivity contribution >= 4 is 11.6 Å². The molecule has 2 heterocycles. The van der Waals surface area contributed by atoms with E-state index in [1.165, 1.54) is 10.9 Å². The molecule has 0 aliphatic rings. The fourth-order valence-corrected chi connectivity index (χ4v) is 1.31. The Hall–Kier alpha value is -2.71. The topological polar surface area (TPSA) is 119 Å². The Labute approximate surface area is 101 Å². The van der Waals surface area contributed by atoms with Crippen LogP contribution in [0.4, 0.5) is 5.69 Å². The van der Waals surface area contributed by atoms with Crippen molar-refractivity contribution in [2.75, 3.05) is 0 Å². The molecule has 0 aromatic carbocycles. The van der Waals surface area contributed by atoms with Crippen LogP contribution in [0, 0.1) is 10.1 Å². The maximum atomic E-state index is 11.5. The van der Waals surface area contributed by atoms with Crippen LogP contribution in [-0.4, -0.2) is 30.6 Å². The molecule has 9 nitrogen and oxygen atoms in total. The number of carbonyl (C=O) groups excluding carboxylic acids is 1. The van der Waals surface area contributed by atoms with Crippen LogP contribution in [0.1, 0.15) is 5.82 Å². The molecule has 1 amide bonds. The highest BCUT2D eigenvalue weighted by atomic mass is 16.6. The van der Waals surface area contributed by atoms with Gasteiger partial charge in [0.05, 0.1) is 11.5 Å². The van der Waals surface area contributed by atoms with Gasteiger partial charge in [-0.2, -0.15) is 5.10 Å². The molecule has 94 valence electrons. The lowest BCUT2D eigenvalue weighted by Crippen LogP contribution is -2.27. The predicted octanol–water partition coefficient (Wildman–Crippen LogP) is -0.169. The van der Waals surface area contributed by atoms with E-state index in [2.05, 4.69) is 20.4 Å². The van der Waals surface area contributed by atoms with Crippen molar-refractivity contribution in [3.63, 3.8) is 0 Å². The number of imidazole rings is 1. The Bertz CT molecular complexity index is 546. The van der Waals surface area contributed by atoms with Crippen molar-refractivity contribution in [2.45, 2.75) is 13.1 Å². The number of nitrogens with zero attached hydrogens (tertiary/aromatic N) is 4. The Balaban J connectivity index is 1.85. The molecule has 0 saturated carbocycles. The molecule has 2 rings (SSSR count). The van der Waals surface area contributed by atoms with Gasteiger partial charge in [0.25, 0.3) is 0 Å². The molecule has 2 aromatic heterocycles. The Morgan fingerprint density at radius 3 is 3.06 bits per heavy atom. The fraction of sp³-hybridized carbons (Fsp3) is 0.222. The van der Waals surface area contributed by atoms with Gasteiger partial charge in [-0.25, -0.2) is 4.98 Å². The SMILES string of the molecule is O=C(Cn1cc([N+](=O)[O-])cn1)NCc1ncc[nH]1. The lowest BCUT2D eigenvalue weighted by atomic mass is 10.5. The highest BCUT2D eigenvalue weighted by Gasteiger charge is 2.11. The summed E-state index contributed by atoms with van der Waals surface area (Å²) in [7, 11) is 0. The van der Waals surface area contributed by atoms with Crippen LogP contribution in [0.15, 0.2) is 24.8 Å². The van der Waals surface area contributed by atoms with E-state index in [9.17, 15) is 14.9 Å². The summed E-state index contributed by atoms with van der Waals surface area (Å²) in [5.74, 6) is 0.333. The van der Waals surface area contributed by atoms with Crippen LogP contribution in [0.2, 0.25) is 0 Å². The van der Waals surface area contributed by atoms with Gasteiger partial charge < -0.3 is 10.3 Å². The van der Waals surface area contributed by atoms with E-state index in [0.717, 1.165) is 6.20 Å². The first kappa shape index (κ1) is 11.8. The van der Waals surface area contributed by atoms with E-state index in [4.69, 9.17) is 0 Å². The molecule has 0 atom stereocenters. The van der Waals surface area contributed by atoms with Crippen LogP contribution < -0.4 is 5.32 Å². The maximum Gasteiger partial charge on any atom is 0.307 e. The first-order valence-electron chi connectivity index (χ1n) is 5.07. The number of aromatic amines is 1. The summed E-state index contributed by atoms with van der Waals surface area (Å²) < 4.78 is 1.20. The Morgan fingerprint density at radius 1 is 1.61 bits per heavy atom. The van der Waals surface area contributed by atoms with Crippen LogP contribution in [0.3, 0.4) is 0 Å². The number of rotatable bonds is 5. The quantitative estimate of drug-likeness (QED) is 0.564. The summed E-state index contributed by atoms with van der Waals surface area (Å²) in [6.07, 6.45) is 5.53. The minimum atomic E-state index is -0.565. The van der Waals surface area contributed by atoms with E-state index >= 15 is 0 Å². The van der Waals surface area contributed by atoms with Gasteiger partial charge in [0, 0.05) is 12.4 Å². The van der Waals surface area contributed by atoms with E-state index < -0.39 is 4.92 Å². The maximum absolute atomic E-state index is 11.5. The summed E-state index contributed by atoms with van der Waals surface area (Å²) in [6, 6.07) is 0. The number of hydrogen-bond acceptors (Lipinski definition) is 5. The van der Waals surface area contributed by atoms with E-state index in [0.29, 0.717) is 5.82 Å². The minimum absolute atomic E-state index is 0.0749. The molecule has 9 heteroatoms. The molecule has 0 bridgehead atoms. The van der Waals surface area contributed by atoms with Gasteiger partial charge in [-0.15, -0.1) is 0 Å². The van der Waals surface area contributed by atoms with Gasteiger partial charge in [0.15, 0.2) is 0 Å². The van der Waals surface area contributed by atoms with Gasteiger partial charge in [0.1, 0.15) is 24.8 Å². The standard InChI is InChI=1S/C9H10N6O3/c16-9(12-4-8-10-1-2-11-8)6-14-5-7(3-13-14)15(17)18/h1-3,5H,4,6H2,(H,10,11)(H,12,16). The van der Waals surface area contributed by atoms with Crippen LogP contribution >= 0.6 is 0 Å². The largest absolute Gasteiger partial charge is 0.347 e. The van der Waals surface area contributed by atoms with Crippen LogP contribution in [0.5, 0.6) is 0 Å². The number of H-pyrrole nitrogens is 1. The second kappa shape index (κ2) is 5.08. The molecule has 0 aliphatic carbocycles. The molecular weight excluding hydrogens is 240 g/mol. The summed E-state index contributed by atoms with van der Waals surface area (Å²) in [6.45, 7) is 0.198. The summed E-state index contributed by atoms with van der Waals surface area (Å²) >= 11 is 0. The van der Waals surface area contributed by atoms with Crippen molar-refractivity contribution in [1.29, 1.82) is 0 Å². The van der Waals surface area contributed by atoms with Gasteiger partial charge >= 0.3 is 5.69 Å². The molecule has 2 aromatic rings. The lowest BCUT2D eigenvalue weighted by Gasteiger charge is -2.02. The Morgan fingerprint density at radius 2 is 2.44 bits per heavy atom. The average Bonchev–Trinajstić information content (AvgIpc) is 2.96. The van der Waals surface area contributed by atoms with Crippen LogP contribution in [0.25, 0.3) is 0 Å². The lowest BCUT2D eigenvalue weighted by molar-refractivity contribution is -0.385. The van der Waals surface area contributed by atoms with Crippen molar-refractivity contribution in [3.05, 3.63) is 40.7 Å². The highest BCUT2D eigenvalue weighted by molar-refractivity contribution is 5.75. The van der Waals surface area contributed by atoms with Gasteiger partial charge in [-0.05, 0) is 0 Å². The van der Waals surface area contributed by atoms with Crippen molar-refractivity contribution in [2.24, 2.45) is 0 Å². The van der Waals surface area contributed by atoms with Crippen molar-refractivity contribution in [3.8, 4) is 0 Å². The summed E-state index contributed by atoms with van der Waals surface area (Å²) in [5.41, 5.74) is -0.145. The second-order valence-electron chi connectivity index (χ2n) is 3.47. The predicted molar refractivity (Wildman–Crippen MR) is 59.3 cm³/mol. The Kier molecular flexibility index (Phi) is 3.32. The third-order valence-corrected chi connectivity index (χ3v) is 2.14. The van der Waals surface area contributed by atoms with E-state index in [1.54, 1.807) is 12.4 Å². The van der Waals surface area contributed by atoms with Crippen LogP contribution in [-0.2, 0) is 17.9 Å².